The minimum atomic E-state index is -0.433. The molecule has 2 aliphatic rings. The topological polar surface area (TPSA) is 69.0 Å². The number of hydrogen-bond donors (Lipinski definition) is 0. The molecule has 0 fully saturated rings. The summed E-state index contributed by atoms with van der Waals surface area (Å²) < 4.78 is 13.0. The van der Waals surface area contributed by atoms with Gasteiger partial charge >= 0.3 is 5.97 Å². The molecule has 2 aromatic rings. The van der Waals surface area contributed by atoms with Crippen LogP contribution in [0.1, 0.15) is 27.5 Å². The highest BCUT2D eigenvalue weighted by molar-refractivity contribution is 7.20. The van der Waals surface area contributed by atoms with Crippen LogP contribution in [0.5, 0.6) is 0 Å². The number of carbonyl (C=O) groups excluding carboxylic acids is 1. The Kier molecular flexibility index (Phi) is 4.64. The lowest BCUT2D eigenvalue weighted by molar-refractivity contribution is 0.0600. The summed E-state index contributed by atoms with van der Waals surface area (Å²) in [5.41, 5.74) is 4.49. The maximum atomic E-state index is 11.8. The van der Waals surface area contributed by atoms with E-state index < -0.39 is 5.97 Å². The summed E-state index contributed by atoms with van der Waals surface area (Å²) in [4.78, 5) is 16.2. The summed E-state index contributed by atoms with van der Waals surface area (Å²) >= 11 is 1.31. The average Bonchev–Trinajstić information content (AvgIpc) is 3.15. The monoisotopic (exact) mass is 396 g/mol. The molecule has 8 heteroatoms. The summed E-state index contributed by atoms with van der Waals surface area (Å²) in [5.74, 6) is 0.382. The average molecular weight is 396 g/mol. The smallest absolute Gasteiger partial charge is 0.367 e. The third-order valence-electron chi connectivity index (χ3n) is 4.73. The lowest BCUT2D eigenvalue weighted by Crippen LogP contribution is -2.23. The number of esters is 1. The van der Waals surface area contributed by atoms with Crippen LogP contribution >= 0.6 is 11.3 Å². The molecule has 0 N–H and O–H groups in total. The second-order valence-electron chi connectivity index (χ2n) is 6.40. The van der Waals surface area contributed by atoms with Gasteiger partial charge in [0.1, 0.15) is 5.76 Å². The van der Waals surface area contributed by atoms with Gasteiger partial charge in [0, 0.05) is 12.6 Å². The number of aromatic nitrogens is 2. The molecular weight excluding hydrogens is 376 g/mol. The minimum Gasteiger partial charge on any atom is -0.497 e. The summed E-state index contributed by atoms with van der Waals surface area (Å²) in [5, 5.41) is 6.80. The summed E-state index contributed by atoms with van der Waals surface area (Å²) in [6.45, 7) is 4.84. The highest BCUT2D eigenvalue weighted by atomic mass is 32.1. The van der Waals surface area contributed by atoms with Crippen LogP contribution in [-0.2, 0) is 16.5 Å². The van der Waals surface area contributed by atoms with E-state index in [1.807, 2.05) is 35.0 Å². The zero-order valence-electron chi connectivity index (χ0n) is 15.9. The first-order chi connectivity index (χ1) is 13.5. The van der Waals surface area contributed by atoms with E-state index in [0.717, 1.165) is 45.1 Å². The van der Waals surface area contributed by atoms with Crippen molar-refractivity contribution >= 4 is 39.6 Å². The Balaban J connectivity index is 1.66. The van der Waals surface area contributed by atoms with E-state index in [4.69, 9.17) is 9.47 Å². The van der Waals surface area contributed by atoms with Crippen molar-refractivity contribution in [1.29, 1.82) is 0 Å². The largest absolute Gasteiger partial charge is 0.497 e. The first-order valence-corrected chi connectivity index (χ1v) is 9.54. The molecule has 0 spiro atoms. The van der Waals surface area contributed by atoms with Gasteiger partial charge in [-0.15, -0.1) is 11.3 Å². The van der Waals surface area contributed by atoms with Crippen molar-refractivity contribution < 1.29 is 14.3 Å². The van der Waals surface area contributed by atoms with Gasteiger partial charge in [-0.05, 0) is 24.1 Å². The Morgan fingerprint density at radius 1 is 1.39 bits per heavy atom. The van der Waals surface area contributed by atoms with E-state index in [1.54, 1.807) is 7.11 Å². The van der Waals surface area contributed by atoms with Crippen LogP contribution in [0, 0.1) is 0 Å². The quantitative estimate of drug-likeness (QED) is 0.741. The molecule has 2 aromatic heterocycles. The maximum Gasteiger partial charge on any atom is 0.367 e. The van der Waals surface area contributed by atoms with E-state index in [2.05, 4.69) is 28.8 Å². The van der Waals surface area contributed by atoms with Crippen molar-refractivity contribution in [2.45, 2.75) is 6.42 Å². The fraction of sp³-hybridized carbons (Fsp3) is 0.250. The molecule has 4 rings (SSSR count). The Bertz CT molecular complexity index is 1100. The van der Waals surface area contributed by atoms with E-state index in [0.29, 0.717) is 11.6 Å². The molecule has 0 radical (unpaired) electrons. The van der Waals surface area contributed by atoms with Crippen molar-refractivity contribution in [3.05, 3.63) is 58.5 Å². The normalized spacial score (nSPS) is 16.0. The first-order valence-electron chi connectivity index (χ1n) is 8.73. The van der Waals surface area contributed by atoms with Gasteiger partial charge in [0.15, 0.2) is 5.65 Å². The van der Waals surface area contributed by atoms with Gasteiger partial charge < -0.3 is 14.0 Å². The van der Waals surface area contributed by atoms with E-state index in [9.17, 15) is 4.79 Å². The SMILES string of the molecule is C=C1c2c(c3sc(C(=O)OC)nc3n2C)C=NN1CC1=CCC=CC(OC)=C1. The third kappa shape index (κ3) is 2.95. The summed E-state index contributed by atoms with van der Waals surface area (Å²) in [6, 6.07) is 0. The molecule has 0 bridgehead atoms. The van der Waals surface area contributed by atoms with Crippen molar-refractivity contribution in [2.75, 3.05) is 20.8 Å². The van der Waals surface area contributed by atoms with Gasteiger partial charge in [0.05, 0.1) is 43.1 Å². The number of allylic oxidation sites excluding steroid dienone is 3. The molecule has 0 atom stereocenters. The van der Waals surface area contributed by atoms with Crippen molar-refractivity contribution in [3.63, 3.8) is 0 Å². The van der Waals surface area contributed by atoms with Gasteiger partial charge in [-0.1, -0.05) is 18.7 Å². The van der Waals surface area contributed by atoms with Gasteiger partial charge in [-0.2, -0.15) is 5.10 Å². The molecule has 7 nitrogen and oxygen atoms in total. The molecule has 144 valence electrons. The molecule has 0 saturated heterocycles. The van der Waals surface area contributed by atoms with Gasteiger partial charge in [-0.25, -0.2) is 9.78 Å². The van der Waals surface area contributed by atoms with Crippen LogP contribution in [0.4, 0.5) is 0 Å². The molecule has 0 saturated carbocycles. The second kappa shape index (κ2) is 7.12. The predicted octanol–water partition coefficient (Wildman–Crippen LogP) is 3.46. The number of aryl methyl sites for hydroxylation is 1. The van der Waals surface area contributed by atoms with E-state index in [1.165, 1.54) is 18.4 Å². The lowest BCUT2D eigenvalue weighted by atomic mass is 10.1. The van der Waals surface area contributed by atoms with Crippen LogP contribution in [0.25, 0.3) is 16.0 Å². The van der Waals surface area contributed by atoms with Crippen molar-refractivity contribution in [3.8, 4) is 0 Å². The third-order valence-corrected chi connectivity index (χ3v) is 5.79. The highest BCUT2D eigenvalue weighted by Crippen LogP contribution is 2.36. The fourth-order valence-electron chi connectivity index (χ4n) is 3.31. The first kappa shape index (κ1) is 18.2. The summed E-state index contributed by atoms with van der Waals surface area (Å²) in [6.07, 6.45) is 10.8. The van der Waals surface area contributed by atoms with Crippen molar-refractivity contribution in [1.82, 2.24) is 14.6 Å². The van der Waals surface area contributed by atoms with Gasteiger partial charge in [0.2, 0.25) is 5.01 Å². The standard InChI is InChI=1S/C20H20N4O3S/c1-12-16-15(17-18(23(16)2)22-19(28-17)20(25)27-4)10-21-24(12)11-13-7-5-6-8-14(9-13)26-3/h6-10H,1,5,11H2,2-4H3. The molecular formula is C20H20N4O3S. The Labute approximate surface area is 166 Å². The minimum absolute atomic E-state index is 0.334. The van der Waals surface area contributed by atoms with Crippen LogP contribution in [0.3, 0.4) is 0 Å². The number of ether oxygens (including phenoxy) is 2. The lowest BCUT2D eigenvalue weighted by Gasteiger charge is -2.26. The molecule has 0 unspecified atom stereocenters. The van der Waals surface area contributed by atoms with E-state index >= 15 is 0 Å². The Morgan fingerprint density at radius 3 is 2.96 bits per heavy atom. The van der Waals surface area contributed by atoms with Crippen LogP contribution < -0.4 is 0 Å². The molecule has 1 aliphatic heterocycles. The predicted molar refractivity (Wildman–Crippen MR) is 110 cm³/mol. The number of nitrogens with zero attached hydrogens (tertiary/aromatic N) is 4. The molecule has 1 aliphatic carbocycles. The van der Waals surface area contributed by atoms with Crippen molar-refractivity contribution in [2.24, 2.45) is 12.1 Å². The fourth-order valence-corrected chi connectivity index (χ4v) is 4.34. The molecule has 0 amide bonds. The Morgan fingerprint density at radius 2 is 2.21 bits per heavy atom. The molecule has 28 heavy (non-hydrogen) atoms. The molecule has 0 aromatic carbocycles. The Hall–Kier alpha value is -3.13. The zero-order chi connectivity index (χ0) is 19.8. The van der Waals surface area contributed by atoms with Crippen LogP contribution in [-0.4, -0.2) is 47.5 Å². The number of fused-ring (bicyclic) bond motifs is 3. The second-order valence-corrected chi connectivity index (χ2v) is 7.40. The number of hydrazone groups is 1. The number of thiazole rings is 1. The van der Waals surface area contributed by atoms with Gasteiger partial charge in [-0.3, -0.25) is 5.01 Å². The number of carbonyl (C=O) groups is 1. The number of methoxy groups -OCH3 is 2. The van der Waals surface area contributed by atoms with Crippen LogP contribution in [0.15, 0.2) is 47.3 Å². The summed E-state index contributed by atoms with van der Waals surface area (Å²) in [7, 11) is 4.93. The number of hydrogen-bond acceptors (Lipinski definition) is 7. The van der Waals surface area contributed by atoms with Crippen LogP contribution in [0.2, 0.25) is 0 Å². The maximum absolute atomic E-state index is 11.8. The van der Waals surface area contributed by atoms with Gasteiger partial charge in [0.25, 0.3) is 0 Å². The zero-order valence-corrected chi connectivity index (χ0v) is 16.7. The highest BCUT2D eigenvalue weighted by Gasteiger charge is 2.27. The van der Waals surface area contributed by atoms with E-state index in [-0.39, 0.29) is 0 Å². The molecule has 3 heterocycles. The number of rotatable bonds is 4.